The van der Waals surface area contributed by atoms with Gasteiger partial charge in [-0.2, -0.15) is 10.1 Å². The van der Waals surface area contributed by atoms with Gasteiger partial charge in [-0.25, -0.2) is 9.69 Å². The summed E-state index contributed by atoms with van der Waals surface area (Å²) >= 11 is 0. The Morgan fingerprint density at radius 3 is 2.25 bits per heavy atom. The maximum absolute atomic E-state index is 13.1. The molecule has 32 heavy (non-hydrogen) atoms. The van der Waals surface area contributed by atoms with E-state index in [2.05, 4.69) is 10.4 Å². The number of halogens is 1. The quantitative estimate of drug-likeness (QED) is 0.570. The summed E-state index contributed by atoms with van der Waals surface area (Å²) < 4.78 is 0. The monoisotopic (exact) mass is 452 g/mol. The summed E-state index contributed by atoms with van der Waals surface area (Å²) in [5.41, 5.74) is 2.99. The van der Waals surface area contributed by atoms with Crippen molar-refractivity contribution in [1.29, 1.82) is 0 Å². The van der Waals surface area contributed by atoms with E-state index in [1.165, 1.54) is 11.1 Å². The first-order valence-corrected chi connectivity index (χ1v) is 9.71. The summed E-state index contributed by atoms with van der Waals surface area (Å²) in [7, 11) is 0. The zero-order valence-electron chi connectivity index (χ0n) is 17.7. The zero-order chi connectivity index (χ0) is 22.3. The predicted octanol–water partition coefficient (Wildman–Crippen LogP) is 3.27. The van der Waals surface area contributed by atoms with Crippen molar-refractivity contribution in [1.82, 2.24) is 5.32 Å². The molecular weight excluding hydrogens is 432 g/mol. The van der Waals surface area contributed by atoms with Crippen LogP contribution in [-0.2, 0) is 14.4 Å². The molecular formula is C23H21ClN4O4. The minimum Gasteiger partial charge on any atom is -0.273 e. The van der Waals surface area contributed by atoms with E-state index in [0.717, 1.165) is 16.0 Å². The van der Waals surface area contributed by atoms with Crippen molar-refractivity contribution in [2.75, 3.05) is 9.91 Å². The first-order chi connectivity index (χ1) is 14.8. The van der Waals surface area contributed by atoms with Crippen molar-refractivity contribution < 1.29 is 19.2 Å². The van der Waals surface area contributed by atoms with Crippen molar-refractivity contribution in [3.8, 4) is 0 Å². The molecule has 2 heterocycles. The van der Waals surface area contributed by atoms with Crippen molar-refractivity contribution in [3.05, 3.63) is 71.3 Å². The summed E-state index contributed by atoms with van der Waals surface area (Å²) in [5, 5.41) is 7.71. The zero-order valence-corrected chi connectivity index (χ0v) is 18.5. The van der Waals surface area contributed by atoms with Gasteiger partial charge in [-0.05, 0) is 62.2 Å². The van der Waals surface area contributed by atoms with Crippen LogP contribution in [0.1, 0.15) is 18.1 Å². The number of para-hydroxylation sites is 1. The Kier molecular flexibility index (Phi) is 6.27. The van der Waals surface area contributed by atoms with E-state index in [0.29, 0.717) is 17.1 Å². The molecule has 0 aromatic heterocycles. The minimum atomic E-state index is -0.889. The fourth-order valence-electron chi connectivity index (χ4n) is 3.47. The number of hydrogen-bond donors (Lipinski definition) is 1. The fraction of sp³-hybridized carbons (Fsp3) is 0.174. The molecule has 1 atom stereocenters. The van der Waals surface area contributed by atoms with Crippen LogP contribution in [-0.4, -0.2) is 29.5 Å². The number of carbonyl (C=O) groups is 4. The van der Waals surface area contributed by atoms with Gasteiger partial charge >= 0.3 is 6.03 Å². The normalized spacial score (nSPS) is 19.8. The lowest BCUT2D eigenvalue weighted by Crippen LogP contribution is -2.54. The molecule has 164 valence electrons. The van der Waals surface area contributed by atoms with Gasteiger partial charge in [0.05, 0.1) is 23.0 Å². The van der Waals surface area contributed by atoms with Gasteiger partial charge in [0, 0.05) is 0 Å². The van der Waals surface area contributed by atoms with Gasteiger partial charge in [-0.3, -0.25) is 19.7 Å². The van der Waals surface area contributed by atoms with Crippen LogP contribution in [0.4, 0.5) is 16.2 Å². The maximum atomic E-state index is 13.1. The summed E-state index contributed by atoms with van der Waals surface area (Å²) in [4.78, 5) is 51.8. The second-order valence-electron chi connectivity index (χ2n) is 7.45. The number of barbiturate groups is 1. The van der Waals surface area contributed by atoms with Crippen LogP contribution in [0.3, 0.4) is 0 Å². The number of benzene rings is 2. The van der Waals surface area contributed by atoms with Gasteiger partial charge in [-0.1, -0.05) is 24.3 Å². The summed E-state index contributed by atoms with van der Waals surface area (Å²) in [6.07, 6.45) is 1.28. The molecule has 0 aliphatic carbocycles. The molecule has 2 aromatic carbocycles. The van der Waals surface area contributed by atoms with Crippen LogP contribution in [0.25, 0.3) is 0 Å². The first-order valence-electron chi connectivity index (χ1n) is 9.71. The highest BCUT2D eigenvalue weighted by Crippen LogP contribution is 2.28. The Bertz CT molecular complexity index is 1190. The first kappa shape index (κ1) is 22.9. The molecule has 1 fully saturated rings. The molecule has 9 heteroatoms. The Morgan fingerprint density at radius 2 is 1.59 bits per heavy atom. The number of anilines is 2. The molecule has 2 aliphatic heterocycles. The Labute approximate surface area is 191 Å². The number of aryl methyl sites for hydroxylation is 2. The number of nitrogens with zero attached hydrogens (tertiary/aromatic N) is 3. The Hall–Kier alpha value is -3.78. The number of imide groups is 2. The molecule has 2 aromatic rings. The lowest BCUT2D eigenvalue weighted by atomic mass is 9.98. The lowest BCUT2D eigenvalue weighted by Gasteiger charge is -2.27. The second kappa shape index (κ2) is 8.76. The molecule has 0 bridgehead atoms. The van der Waals surface area contributed by atoms with Crippen molar-refractivity contribution in [2.45, 2.75) is 20.8 Å². The van der Waals surface area contributed by atoms with E-state index in [4.69, 9.17) is 0 Å². The van der Waals surface area contributed by atoms with Crippen LogP contribution in [0.15, 0.2) is 65.3 Å². The van der Waals surface area contributed by atoms with E-state index in [9.17, 15) is 19.2 Å². The third-order valence-corrected chi connectivity index (χ3v) is 5.37. The number of hydrogen-bond acceptors (Lipinski definition) is 5. The third kappa shape index (κ3) is 3.92. The maximum Gasteiger partial charge on any atom is 0.335 e. The Morgan fingerprint density at radius 1 is 0.906 bits per heavy atom. The van der Waals surface area contributed by atoms with E-state index >= 15 is 0 Å². The van der Waals surface area contributed by atoms with E-state index in [1.807, 2.05) is 19.9 Å². The van der Waals surface area contributed by atoms with Gasteiger partial charge in [0.15, 0.2) is 0 Å². The van der Waals surface area contributed by atoms with Crippen LogP contribution in [0, 0.1) is 19.8 Å². The van der Waals surface area contributed by atoms with E-state index in [1.54, 1.807) is 49.4 Å². The lowest BCUT2D eigenvalue weighted by molar-refractivity contribution is -0.122. The summed E-state index contributed by atoms with van der Waals surface area (Å²) in [6, 6.07) is 13.2. The van der Waals surface area contributed by atoms with Gasteiger partial charge in [-0.15, -0.1) is 12.4 Å². The van der Waals surface area contributed by atoms with E-state index in [-0.39, 0.29) is 23.9 Å². The highest BCUT2D eigenvalue weighted by atomic mass is 35.5. The van der Waals surface area contributed by atoms with Crippen molar-refractivity contribution in [3.63, 3.8) is 0 Å². The Balaban J connectivity index is 0.00000289. The molecule has 1 saturated heterocycles. The molecule has 1 unspecified atom stereocenters. The molecule has 2 aliphatic rings. The molecule has 1 N–H and O–H groups in total. The largest absolute Gasteiger partial charge is 0.335 e. The second-order valence-corrected chi connectivity index (χ2v) is 7.45. The SMILES string of the molecule is CC1=NN(c2ccccc2)C(=O)C1/C=C1\C(=O)NC(=O)N(c2ccc(C)c(C)c2)C1=O.Cl. The molecule has 5 amide bonds. The number of hydrazone groups is 1. The van der Waals surface area contributed by atoms with Gasteiger partial charge < -0.3 is 0 Å². The molecule has 4 rings (SSSR count). The number of rotatable bonds is 3. The standard InChI is InChI=1S/C23H20N4O4.ClH/c1-13-9-10-17(11-14(13)2)26-21(29)19(20(28)24-23(26)31)12-18-15(3)25-27(22(18)30)16-7-5-4-6-8-16;/h4-12,18H,1-3H3,(H,24,28,31);1H/b19-12+;. The minimum absolute atomic E-state index is 0. The number of urea groups is 1. The number of nitrogens with one attached hydrogen (secondary N) is 1. The van der Waals surface area contributed by atoms with Crippen LogP contribution < -0.4 is 15.2 Å². The summed E-state index contributed by atoms with van der Waals surface area (Å²) in [5.74, 6) is -2.89. The fourth-order valence-corrected chi connectivity index (χ4v) is 3.47. The van der Waals surface area contributed by atoms with Gasteiger partial charge in [0.25, 0.3) is 17.7 Å². The van der Waals surface area contributed by atoms with Gasteiger partial charge in [0.1, 0.15) is 5.57 Å². The van der Waals surface area contributed by atoms with Crippen molar-refractivity contribution >= 4 is 53.2 Å². The summed E-state index contributed by atoms with van der Waals surface area (Å²) in [6.45, 7) is 5.43. The van der Waals surface area contributed by atoms with Gasteiger partial charge in [0.2, 0.25) is 0 Å². The molecule has 0 saturated carbocycles. The molecule has 8 nitrogen and oxygen atoms in total. The number of amides is 5. The average Bonchev–Trinajstić information content (AvgIpc) is 3.02. The van der Waals surface area contributed by atoms with Crippen molar-refractivity contribution in [2.24, 2.45) is 11.0 Å². The van der Waals surface area contributed by atoms with Crippen LogP contribution >= 0.6 is 12.4 Å². The molecule has 0 radical (unpaired) electrons. The van der Waals surface area contributed by atoms with Crippen LogP contribution in [0.5, 0.6) is 0 Å². The van der Waals surface area contributed by atoms with Crippen LogP contribution in [0.2, 0.25) is 0 Å². The average molecular weight is 453 g/mol. The third-order valence-electron chi connectivity index (χ3n) is 5.37. The smallest absolute Gasteiger partial charge is 0.273 e. The van der Waals surface area contributed by atoms with E-state index < -0.39 is 23.8 Å². The highest BCUT2D eigenvalue weighted by molar-refractivity contribution is 6.38. The topological polar surface area (TPSA) is 99.2 Å². The number of carbonyl (C=O) groups excluding carboxylic acids is 4. The highest BCUT2D eigenvalue weighted by Gasteiger charge is 2.40. The predicted molar refractivity (Wildman–Crippen MR) is 123 cm³/mol. The molecule has 0 spiro atoms.